The van der Waals surface area contributed by atoms with Gasteiger partial charge in [0.2, 0.25) is 15.9 Å². The summed E-state index contributed by atoms with van der Waals surface area (Å²) in [5, 5.41) is 20.0. The van der Waals surface area contributed by atoms with Crippen molar-refractivity contribution in [3.05, 3.63) is 28.8 Å². The standard InChI is InChI=1S/C23H33ClN4O8S/c1-3-36-23(33)17(27-14(2)21(30)28-12-6-8-18(28)22(31)32)7-4-5-11-26-20(29)15-9-10-16(24)19(13-15)37(25,34)35/h9-10,13-14,17-18,27H,3-8,11-12H2,1-2H3,(H,26,29)(H,31,32)(H2,25,34,35)/t14-,17+,18+/m1/s1. The van der Waals surface area contributed by atoms with Gasteiger partial charge in [0.15, 0.2) is 0 Å². The number of amides is 2. The number of halogens is 1. The molecule has 12 nitrogen and oxygen atoms in total. The topological polar surface area (TPSA) is 185 Å². The van der Waals surface area contributed by atoms with Crippen LogP contribution in [0.15, 0.2) is 23.1 Å². The van der Waals surface area contributed by atoms with Crippen molar-refractivity contribution in [2.45, 2.75) is 69.0 Å². The minimum absolute atomic E-state index is 0.0772. The number of sulfonamides is 1. The number of carbonyl (C=O) groups excluding carboxylic acids is 3. The number of carboxylic acid groups (broad SMARTS) is 1. The number of aliphatic carboxylic acids is 1. The Morgan fingerprint density at radius 1 is 1.27 bits per heavy atom. The lowest BCUT2D eigenvalue weighted by molar-refractivity contribution is -0.150. The number of rotatable bonds is 13. The van der Waals surface area contributed by atoms with Gasteiger partial charge in [-0.3, -0.25) is 19.7 Å². The molecule has 2 amide bonds. The van der Waals surface area contributed by atoms with Gasteiger partial charge in [-0.05, 0) is 64.2 Å². The first-order chi connectivity index (χ1) is 17.4. The van der Waals surface area contributed by atoms with E-state index in [1.807, 2.05) is 0 Å². The van der Waals surface area contributed by atoms with Crippen LogP contribution in [0.25, 0.3) is 0 Å². The van der Waals surface area contributed by atoms with E-state index in [4.69, 9.17) is 21.5 Å². The number of ether oxygens (including phenoxy) is 1. The second-order valence-electron chi connectivity index (χ2n) is 8.66. The van der Waals surface area contributed by atoms with Gasteiger partial charge in [0.1, 0.15) is 17.0 Å². The van der Waals surface area contributed by atoms with Crippen LogP contribution >= 0.6 is 11.6 Å². The number of benzene rings is 1. The molecule has 1 saturated heterocycles. The molecule has 0 radical (unpaired) electrons. The number of esters is 1. The monoisotopic (exact) mass is 560 g/mol. The van der Waals surface area contributed by atoms with Crippen molar-refractivity contribution in [3.8, 4) is 0 Å². The summed E-state index contributed by atoms with van der Waals surface area (Å²) in [6.07, 6.45) is 2.27. The molecule has 0 saturated carbocycles. The van der Waals surface area contributed by atoms with Gasteiger partial charge >= 0.3 is 11.9 Å². The van der Waals surface area contributed by atoms with E-state index >= 15 is 0 Å². The molecule has 5 N–H and O–H groups in total. The lowest BCUT2D eigenvalue weighted by atomic mass is 10.1. The molecule has 14 heteroatoms. The number of nitrogens with zero attached hydrogens (tertiary/aromatic N) is 1. The number of nitrogens with one attached hydrogen (secondary N) is 2. The summed E-state index contributed by atoms with van der Waals surface area (Å²) >= 11 is 5.84. The number of unbranched alkanes of at least 4 members (excludes halogenated alkanes) is 1. The number of hydrogen-bond acceptors (Lipinski definition) is 8. The largest absolute Gasteiger partial charge is 0.480 e. The van der Waals surface area contributed by atoms with Crippen LogP contribution in [0.1, 0.15) is 56.3 Å². The zero-order chi connectivity index (χ0) is 27.8. The van der Waals surface area contributed by atoms with Crippen molar-refractivity contribution in [1.29, 1.82) is 0 Å². The van der Waals surface area contributed by atoms with Crippen LogP contribution < -0.4 is 15.8 Å². The number of nitrogens with two attached hydrogens (primary N) is 1. The Morgan fingerprint density at radius 2 is 1.97 bits per heavy atom. The fourth-order valence-corrected chi connectivity index (χ4v) is 5.13. The average molecular weight is 561 g/mol. The van der Waals surface area contributed by atoms with Gasteiger partial charge in [-0.1, -0.05) is 11.6 Å². The first-order valence-electron chi connectivity index (χ1n) is 11.9. The molecule has 0 aromatic heterocycles. The number of hydrogen-bond donors (Lipinski definition) is 4. The Morgan fingerprint density at radius 3 is 2.59 bits per heavy atom. The lowest BCUT2D eigenvalue weighted by Crippen LogP contribution is -2.53. The third kappa shape index (κ3) is 8.66. The second kappa shape index (κ2) is 13.7. The molecule has 0 spiro atoms. The molecular weight excluding hydrogens is 528 g/mol. The smallest absolute Gasteiger partial charge is 0.326 e. The first kappa shape index (κ1) is 30.5. The Kier molecular flexibility index (Phi) is 11.3. The van der Waals surface area contributed by atoms with Gasteiger partial charge in [0, 0.05) is 18.7 Å². The van der Waals surface area contributed by atoms with Gasteiger partial charge in [-0.25, -0.2) is 18.4 Å². The number of carboxylic acids is 1. The summed E-state index contributed by atoms with van der Waals surface area (Å²) in [5.74, 6) is -2.49. The van der Waals surface area contributed by atoms with Crippen molar-refractivity contribution in [3.63, 3.8) is 0 Å². The Labute approximate surface area is 220 Å². The van der Waals surface area contributed by atoms with E-state index in [-0.39, 0.29) is 28.6 Å². The van der Waals surface area contributed by atoms with E-state index < -0.39 is 51.9 Å². The summed E-state index contributed by atoms with van der Waals surface area (Å²) < 4.78 is 28.3. The minimum Gasteiger partial charge on any atom is -0.480 e. The van der Waals surface area contributed by atoms with Gasteiger partial charge in [0.05, 0.1) is 17.7 Å². The van der Waals surface area contributed by atoms with Gasteiger partial charge in [0.25, 0.3) is 5.91 Å². The van der Waals surface area contributed by atoms with Gasteiger partial charge < -0.3 is 20.1 Å². The summed E-state index contributed by atoms with van der Waals surface area (Å²) in [7, 11) is -4.09. The normalized spacial score (nSPS) is 17.2. The second-order valence-corrected chi connectivity index (χ2v) is 10.6. The van der Waals surface area contributed by atoms with Gasteiger partial charge in [-0.15, -0.1) is 0 Å². The van der Waals surface area contributed by atoms with Crippen molar-refractivity contribution >= 4 is 45.4 Å². The highest BCUT2D eigenvalue weighted by atomic mass is 35.5. The minimum atomic E-state index is -4.09. The quantitative estimate of drug-likeness (QED) is 0.201. The molecule has 3 atom stereocenters. The highest BCUT2D eigenvalue weighted by Crippen LogP contribution is 2.22. The van der Waals surface area contributed by atoms with Crippen LogP contribution in [-0.2, 0) is 29.1 Å². The van der Waals surface area contributed by atoms with Crippen molar-refractivity contribution in [2.75, 3.05) is 19.7 Å². The van der Waals surface area contributed by atoms with Crippen LogP contribution in [-0.4, -0.2) is 80.0 Å². The molecule has 206 valence electrons. The van der Waals surface area contributed by atoms with Gasteiger partial charge in [-0.2, -0.15) is 0 Å². The van der Waals surface area contributed by atoms with Crippen LogP contribution in [0.2, 0.25) is 5.02 Å². The molecule has 2 rings (SSSR count). The van der Waals surface area contributed by atoms with E-state index in [1.54, 1.807) is 13.8 Å². The fraction of sp³-hybridized carbons (Fsp3) is 0.565. The summed E-state index contributed by atoms with van der Waals surface area (Å²) in [4.78, 5) is 50.0. The third-order valence-electron chi connectivity index (χ3n) is 5.92. The first-order valence-corrected chi connectivity index (χ1v) is 13.9. The SMILES string of the molecule is CCOC(=O)[C@H](CCCCNC(=O)c1ccc(Cl)c(S(N)(=O)=O)c1)N[C@H](C)C(=O)N1CCC[C@H]1C(=O)O. The van der Waals surface area contributed by atoms with E-state index in [0.717, 1.165) is 6.07 Å². The van der Waals surface area contributed by atoms with Crippen LogP contribution in [0.5, 0.6) is 0 Å². The Bertz CT molecular complexity index is 1110. The Balaban J connectivity index is 1.90. The van der Waals surface area contributed by atoms with E-state index in [1.165, 1.54) is 17.0 Å². The Hall–Kier alpha value is -2.74. The number of likely N-dealkylation sites (tertiary alicyclic amines) is 1. The predicted molar refractivity (Wildman–Crippen MR) is 134 cm³/mol. The van der Waals surface area contributed by atoms with Crippen molar-refractivity contribution in [1.82, 2.24) is 15.5 Å². The van der Waals surface area contributed by atoms with E-state index in [9.17, 15) is 32.7 Å². The number of primary sulfonamides is 1. The average Bonchev–Trinajstić information content (AvgIpc) is 3.32. The van der Waals surface area contributed by atoms with Crippen LogP contribution in [0.4, 0.5) is 0 Å². The zero-order valence-corrected chi connectivity index (χ0v) is 22.3. The molecule has 0 bridgehead atoms. The van der Waals surface area contributed by atoms with Crippen LogP contribution in [0.3, 0.4) is 0 Å². The molecular formula is C23H33ClN4O8S. The van der Waals surface area contributed by atoms with Crippen molar-refractivity contribution < 1.29 is 37.4 Å². The molecule has 0 aliphatic carbocycles. The maximum absolute atomic E-state index is 12.8. The molecule has 37 heavy (non-hydrogen) atoms. The number of carbonyl (C=O) groups is 4. The van der Waals surface area contributed by atoms with Crippen LogP contribution in [0, 0.1) is 0 Å². The van der Waals surface area contributed by atoms with Crippen molar-refractivity contribution in [2.24, 2.45) is 5.14 Å². The molecule has 1 fully saturated rings. The maximum atomic E-state index is 12.8. The zero-order valence-electron chi connectivity index (χ0n) is 20.7. The maximum Gasteiger partial charge on any atom is 0.326 e. The fourth-order valence-electron chi connectivity index (χ4n) is 4.06. The lowest BCUT2D eigenvalue weighted by Gasteiger charge is -2.27. The highest BCUT2D eigenvalue weighted by Gasteiger charge is 2.37. The molecule has 1 aromatic rings. The van der Waals surface area contributed by atoms with E-state index in [2.05, 4.69) is 10.6 Å². The van der Waals surface area contributed by atoms with E-state index in [0.29, 0.717) is 38.6 Å². The predicted octanol–water partition coefficient (Wildman–Crippen LogP) is 0.873. The molecule has 1 aliphatic heterocycles. The summed E-state index contributed by atoms with van der Waals surface area (Å²) in [6.45, 7) is 3.99. The highest BCUT2D eigenvalue weighted by molar-refractivity contribution is 7.89. The molecule has 1 aliphatic rings. The summed E-state index contributed by atoms with van der Waals surface area (Å²) in [6, 6.07) is 1.28. The molecule has 0 unspecified atom stereocenters. The summed E-state index contributed by atoms with van der Waals surface area (Å²) in [5.41, 5.74) is 0.0772. The third-order valence-corrected chi connectivity index (χ3v) is 7.31. The molecule has 1 aromatic carbocycles. The molecule has 1 heterocycles.